The van der Waals surface area contributed by atoms with E-state index in [1.54, 1.807) is 6.07 Å². The van der Waals surface area contributed by atoms with Gasteiger partial charge in [0, 0.05) is 21.5 Å². The van der Waals surface area contributed by atoms with E-state index in [1.807, 2.05) is 19.1 Å². The fourth-order valence-corrected chi connectivity index (χ4v) is 3.21. The van der Waals surface area contributed by atoms with Crippen LogP contribution in [0.4, 0.5) is 0 Å². The van der Waals surface area contributed by atoms with Gasteiger partial charge >= 0.3 is 0 Å². The number of halogens is 2. The lowest BCUT2D eigenvalue weighted by Crippen LogP contribution is -2.37. The number of benzene rings is 1. The minimum atomic E-state index is -0.0352. The maximum absolute atomic E-state index is 12.1. The van der Waals surface area contributed by atoms with Crippen LogP contribution in [0.2, 0.25) is 5.02 Å². The average Bonchev–Trinajstić information content (AvgIpc) is 2.63. The number of alkyl halides is 1. The maximum atomic E-state index is 12.1. The first kappa shape index (κ1) is 12.9. The van der Waals surface area contributed by atoms with Crippen molar-refractivity contribution < 1.29 is 4.79 Å². The van der Waals surface area contributed by atoms with E-state index in [4.69, 9.17) is 11.6 Å². The molecule has 0 spiro atoms. The van der Waals surface area contributed by atoms with E-state index in [0.29, 0.717) is 15.4 Å². The zero-order chi connectivity index (χ0) is 12.4. The van der Waals surface area contributed by atoms with Crippen LogP contribution in [0.5, 0.6) is 0 Å². The number of carbonyl (C=O) groups is 1. The molecule has 0 saturated heterocycles. The van der Waals surface area contributed by atoms with Gasteiger partial charge in [-0.15, -0.1) is 0 Å². The molecule has 2 rings (SSSR count). The topological polar surface area (TPSA) is 29.1 Å². The van der Waals surface area contributed by atoms with Crippen LogP contribution >= 0.6 is 27.5 Å². The molecule has 1 aromatic rings. The van der Waals surface area contributed by atoms with Crippen LogP contribution in [-0.4, -0.2) is 16.8 Å². The highest BCUT2D eigenvalue weighted by molar-refractivity contribution is 9.09. The number of aryl methyl sites for hydroxylation is 1. The van der Waals surface area contributed by atoms with Crippen molar-refractivity contribution in [2.45, 2.75) is 37.1 Å². The molecule has 1 aliphatic rings. The number of amides is 1. The highest BCUT2D eigenvalue weighted by Crippen LogP contribution is 2.26. The normalized spacial score (nSPS) is 23.7. The van der Waals surface area contributed by atoms with Gasteiger partial charge in [0.25, 0.3) is 5.91 Å². The van der Waals surface area contributed by atoms with Crippen LogP contribution in [0, 0.1) is 6.92 Å². The number of hydrogen-bond acceptors (Lipinski definition) is 1. The summed E-state index contributed by atoms with van der Waals surface area (Å²) < 4.78 is 0. The molecule has 0 bridgehead atoms. The molecule has 1 aromatic carbocycles. The Morgan fingerprint density at radius 2 is 2.18 bits per heavy atom. The molecular formula is C13H15BrClNO. The summed E-state index contributed by atoms with van der Waals surface area (Å²) in [6.07, 6.45) is 3.33. The molecule has 4 heteroatoms. The summed E-state index contributed by atoms with van der Waals surface area (Å²) in [6, 6.07) is 5.66. The quantitative estimate of drug-likeness (QED) is 0.828. The van der Waals surface area contributed by atoms with Gasteiger partial charge in [0.15, 0.2) is 0 Å². The Morgan fingerprint density at radius 1 is 1.41 bits per heavy atom. The molecule has 2 nitrogen and oxygen atoms in total. The van der Waals surface area contributed by atoms with Gasteiger partial charge in [0.1, 0.15) is 0 Å². The Labute approximate surface area is 115 Å². The number of hydrogen-bond donors (Lipinski definition) is 1. The fraction of sp³-hybridized carbons (Fsp3) is 0.462. The van der Waals surface area contributed by atoms with Crippen LogP contribution in [0.15, 0.2) is 18.2 Å². The first-order chi connectivity index (χ1) is 8.06. The zero-order valence-electron chi connectivity index (χ0n) is 9.67. The third-order valence-electron chi connectivity index (χ3n) is 3.05. The summed E-state index contributed by atoms with van der Waals surface area (Å²) in [5.74, 6) is -0.0352. The van der Waals surface area contributed by atoms with Crippen LogP contribution in [0.25, 0.3) is 0 Å². The molecule has 17 heavy (non-hydrogen) atoms. The highest BCUT2D eigenvalue weighted by Gasteiger charge is 2.26. The van der Waals surface area contributed by atoms with Crippen LogP contribution in [-0.2, 0) is 0 Å². The van der Waals surface area contributed by atoms with Crippen molar-refractivity contribution in [3.05, 3.63) is 34.3 Å². The van der Waals surface area contributed by atoms with Crippen molar-refractivity contribution in [2.75, 3.05) is 0 Å². The van der Waals surface area contributed by atoms with Crippen molar-refractivity contribution in [3.8, 4) is 0 Å². The van der Waals surface area contributed by atoms with E-state index < -0.39 is 0 Å². The van der Waals surface area contributed by atoms with Crippen molar-refractivity contribution in [3.63, 3.8) is 0 Å². The van der Waals surface area contributed by atoms with Crippen LogP contribution in [0.3, 0.4) is 0 Å². The third-order valence-corrected chi connectivity index (χ3v) is 4.37. The smallest absolute Gasteiger partial charge is 0.251 e. The summed E-state index contributed by atoms with van der Waals surface area (Å²) in [5.41, 5.74) is 1.64. The Balaban J connectivity index is 2.09. The van der Waals surface area contributed by atoms with Crippen molar-refractivity contribution in [2.24, 2.45) is 0 Å². The largest absolute Gasteiger partial charge is 0.348 e. The summed E-state index contributed by atoms with van der Waals surface area (Å²) in [4.78, 5) is 12.5. The Bertz CT molecular complexity index is 415. The maximum Gasteiger partial charge on any atom is 0.251 e. The van der Waals surface area contributed by atoms with Gasteiger partial charge in [-0.3, -0.25) is 4.79 Å². The van der Waals surface area contributed by atoms with Gasteiger partial charge in [-0.05, 0) is 43.5 Å². The van der Waals surface area contributed by atoms with Crippen LogP contribution in [0.1, 0.15) is 35.2 Å². The van der Waals surface area contributed by atoms with Gasteiger partial charge in [0.05, 0.1) is 0 Å². The zero-order valence-corrected chi connectivity index (χ0v) is 12.0. The van der Waals surface area contributed by atoms with E-state index in [0.717, 1.165) is 24.8 Å². The molecule has 2 unspecified atom stereocenters. The van der Waals surface area contributed by atoms with Gasteiger partial charge in [0.2, 0.25) is 0 Å². The second-order valence-electron chi connectivity index (χ2n) is 4.54. The first-order valence-electron chi connectivity index (χ1n) is 5.78. The lowest BCUT2D eigenvalue weighted by molar-refractivity contribution is 0.0939. The number of nitrogens with one attached hydrogen (secondary N) is 1. The molecule has 0 aliphatic heterocycles. The summed E-state index contributed by atoms with van der Waals surface area (Å²) in [6.45, 7) is 1.94. The van der Waals surface area contributed by atoms with Gasteiger partial charge in [-0.25, -0.2) is 0 Å². The third kappa shape index (κ3) is 3.23. The van der Waals surface area contributed by atoms with E-state index in [9.17, 15) is 4.79 Å². The fourth-order valence-electron chi connectivity index (χ4n) is 2.20. The lowest BCUT2D eigenvalue weighted by Gasteiger charge is -2.16. The lowest BCUT2D eigenvalue weighted by atomic mass is 10.1. The molecule has 1 aliphatic carbocycles. The van der Waals surface area contributed by atoms with Gasteiger partial charge < -0.3 is 5.32 Å². The Hall–Kier alpha value is -0.540. The summed E-state index contributed by atoms with van der Waals surface area (Å²) >= 11 is 9.54. The molecule has 0 aromatic heterocycles. The number of rotatable bonds is 2. The van der Waals surface area contributed by atoms with Gasteiger partial charge in [-0.1, -0.05) is 34.0 Å². The first-order valence-corrected chi connectivity index (χ1v) is 7.08. The Kier molecular flexibility index (Phi) is 4.10. The summed E-state index contributed by atoms with van der Waals surface area (Å²) in [7, 11) is 0. The molecule has 2 atom stereocenters. The van der Waals surface area contributed by atoms with Gasteiger partial charge in [-0.2, -0.15) is 0 Å². The van der Waals surface area contributed by atoms with E-state index >= 15 is 0 Å². The van der Waals surface area contributed by atoms with Crippen LogP contribution < -0.4 is 5.32 Å². The monoisotopic (exact) mass is 315 g/mol. The molecule has 1 amide bonds. The molecule has 92 valence electrons. The summed E-state index contributed by atoms with van der Waals surface area (Å²) in [5, 5.41) is 3.66. The van der Waals surface area contributed by atoms with Crippen molar-refractivity contribution in [1.29, 1.82) is 0 Å². The second kappa shape index (κ2) is 5.40. The van der Waals surface area contributed by atoms with E-state index in [2.05, 4.69) is 21.2 Å². The molecule has 1 N–H and O–H groups in total. The highest BCUT2D eigenvalue weighted by atomic mass is 79.9. The SMILES string of the molecule is Cc1cc(Cl)cc(C(=O)NC2CCCC2Br)c1. The second-order valence-corrected chi connectivity index (χ2v) is 6.16. The minimum absolute atomic E-state index is 0.0352. The molecule has 0 heterocycles. The van der Waals surface area contributed by atoms with Crippen molar-refractivity contribution >= 4 is 33.4 Å². The molecule has 0 radical (unpaired) electrons. The molecular weight excluding hydrogens is 302 g/mol. The Morgan fingerprint density at radius 3 is 2.76 bits per heavy atom. The predicted molar refractivity (Wildman–Crippen MR) is 74.0 cm³/mol. The predicted octanol–water partition coefficient (Wildman–Crippen LogP) is 3.69. The van der Waals surface area contributed by atoms with E-state index in [1.165, 1.54) is 0 Å². The standard InChI is InChI=1S/C13H15BrClNO/c1-8-5-9(7-10(15)6-8)13(17)16-12-4-2-3-11(12)14/h5-7,11-12H,2-4H2,1H3,(H,16,17). The van der Waals surface area contributed by atoms with E-state index in [-0.39, 0.29) is 11.9 Å². The molecule has 1 saturated carbocycles. The van der Waals surface area contributed by atoms with Crippen molar-refractivity contribution in [1.82, 2.24) is 5.32 Å². The number of carbonyl (C=O) groups excluding carboxylic acids is 1. The average molecular weight is 317 g/mol. The minimum Gasteiger partial charge on any atom is -0.348 e. The molecule has 1 fully saturated rings.